The van der Waals surface area contributed by atoms with Crippen LogP contribution < -0.4 is 0 Å². The summed E-state index contributed by atoms with van der Waals surface area (Å²) in [5.74, 6) is 0.768. The lowest BCUT2D eigenvalue weighted by molar-refractivity contribution is -0.161. The predicted molar refractivity (Wildman–Crippen MR) is 140 cm³/mol. The van der Waals surface area contributed by atoms with Crippen LogP contribution in [0.5, 0.6) is 5.75 Å². The number of halogens is 2. The molecule has 0 bridgehead atoms. The molecule has 1 aromatic heterocycles. The highest BCUT2D eigenvalue weighted by Gasteiger charge is 2.56. The van der Waals surface area contributed by atoms with E-state index in [-0.39, 0.29) is 23.1 Å². The molecule has 0 amide bonds. The number of phenolic OH excluding ortho intramolecular Hbond substituents is 1. The van der Waals surface area contributed by atoms with Gasteiger partial charge < -0.3 is 14.8 Å². The molecule has 2 aromatic carbocycles. The summed E-state index contributed by atoms with van der Waals surface area (Å²) in [7, 11) is 1.50. The van der Waals surface area contributed by atoms with E-state index in [9.17, 15) is 9.90 Å². The number of esters is 1. The van der Waals surface area contributed by atoms with Gasteiger partial charge in [-0.05, 0) is 95.3 Å². The van der Waals surface area contributed by atoms with Crippen LogP contribution in [0.15, 0.2) is 38.2 Å². The summed E-state index contributed by atoms with van der Waals surface area (Å²) >= 11 is 7.17. The van der Waals surface area contributed by atoms with Crippen molar-refractivity contribution in [3.8, 4) is 5.75 Å². The second-order valence-electron chi connectivity index (χ2n) is 9.90. The number of methoxy groups -OCH3 is 1. The number of H-pyrrole nitrogens is 1. The van der Waals surface area contributed by atoms with Gasteiger partial charge in [0.25, 0.3) is 0 Å². The molecule has 1 saturated carbocycles. The Morgan fingerprint density at radius 1 is 1.29 bits per heavy atom. The second kappa shape index (κ2) is 8.48. The Morgan fingerprint density at radius 3 is 2.85 bits per heavy atom. The summed E-state index contributed by atoms with van der Waals surface area (Å²) in [6.07, 6.45) is 6.29. The number of carbonyl (C=O) groups is 1. The molecule has 3 atom stereocenters. The molecular formula is C26H27Br2N3O3. The number of aliphatic imine (C=N–C) groups is 1. The van der Waals surface area contributed by atoms with Crippen LogP contribution in [-0.2, 0) is 21.4 Å². The summed E-state index contributed by atoms with van der Waals surface area (Å²) in [5, 5.41) is 10.1. The molecule has 2 aliphatic rings. The first-order valence-electron chi connectivity index (χ1n) is 11.5. The topological polar surface area (TPSA) is 87.6 Å². The summed E-state index contributed by atoms with van der Waals surface area (Å²) in [6, 6.07) is 7.41. The first-order chi connectivity index (χ1) is 16.2. The van der Waals surface area contributed by atoms with Gasteiger partial charge in [0, 0.05) is 20.7 Å². The highest BCUT2D eigenvalue weighted by atomic mass is 79.9. The number of aromatic nitrogens is 2. The molecule has 0 unspecified atom stereocenters. The van der Waals surface area contributed by atoms with Crippen molar-refractivity contribution in [3.63, 3.8) is 0 Å². The van der Waals surface area contributed by atoms with E-state index in [0.717, 1.165) is 52.1 Å². The van der Waals surface area contributed by atoms with E-state index >= 15 is 0 Å². The Balaban J connectivity index is 1.58. The highest BCUT2D eigenvalue weighted by Crippen LogP contribution is 2.58. The van der Waals surface area contributed by atoms with Crippen LogP contribution >= 0.6 is 31.9 Å². The van der Waals surface area contributed by atoms with Gasteiger partial charge in [-0.3, -0.25) is 4.79 Å². The zero-order chi connectivity index (χ0) is 24.3. The number of imidazole rings is 1. The van der Waals surface area contributed by atoms with E-state index in [0.29, 0.717) is 11.5 Å². The third-order valence-electron chi connectivity index (χ3n) is 8.01. The molecule has 2 N–H and O–H groups in total. The fourth-order valence-corrected chi connectivity index (χ4v) is 7.25. The molecule has 5 rings (SSSR count). The number of aromatic amines is 1. The Labute approximate surface area is 215 Å². The van der Waals surface area contributed by atoms with Gasteiger partial charge in [0.1, 0.15) is 11.3 Å². The van der Waals surface area contributed by atoms with Crippen LogP contribution in [0.25, 0.3) is 11.0 Å². The largest absolute Gasteiger partial charge is 0.507 e. The number of benzene rings is 2. The smallest absolute Gasteiger partial charge is 0.311 e. The molecule has 2 aliphatic carbocycles. The monoisotopic (exact) mass is 587 g/mol. The fourth-order valence-electron chi connectivity index (χ4n) is 6.36. The van der Waals surface area contributed by atoms with Crippen molar-refractivity contribution in [1.29, 1.82) is 0 Å². The van der Waals surface area contributed by atoms with Crippen LogP contribution in [0.3, 0.4) is 0 Å². The van der Waals surface area contributed by atoms with Crippen molar-refractivity contribution >= 4 is 61.0 Å². The number of hydrogen-bond acceptors (Lipinski definition) is 5. The van der Waals surface area contributed by atoms with Gasteiger partial charge in [-0.15, -0.1) is 0 Å². The number of hydrogen-bond donors (Lipinski definition) is 2. The van der Waals surface area contributed by atoms with Gasteiger partial charge >= 0.3 is 5.97 Å². The molecule has 0 saturated heterocycles. The molecule has 0 radical (unpaired) electrons. The lowest BCUT2D eigenvalue weighted by atomic mass is 9.50. The molecule has 0 spiro atoms. The molecule has 8 heteroatoms. The van der Waals surface area contributed by atoms with Crippen LogP contribution in [0.4, 0.5) is 5.95 Å². The number of rotatable bonds is 3. The molecule has 34 heavy (non-hydrogen) atoms. The molecule has 1 heterocycles. The van der Waals surface area contributed by atoms with Crippen molar-refractivity contribution in [3.05, 3.63) is 49.9 Å². The summed E-state index contributed by atoms with van der Waals surface area (Å²) in [5.41, 5.74) is 4.37. The molecule has 178 valence electrons. The van der Waals surface area contributed by atoms with Gasteiger partial charge in [-0.1, -0.05) is 29.3 Å². The minimum Gasteiger partial charge on any atom is -0.507 e. The first-order valence-corrected chi connectivity index (χ1v) is 13.1. The maximum atomic E-state index is 12.8. The summed E-state index contributed by atoms with van der Waals surface area (Å²) in [4.78, 5) is 25.5. The molecule has 0 aliphatic heterocycles. The third kappa shape index (κ3) is 3.61. The molecule has 6 nitrogen and oxygen atoms in total. The van der Waals surface area contributed by atoms with Crippen molar-refractivity contribution in [2.75, 3.05) is 7.11 Å². The summed E-state index contributed by atoms with van der Waals surface area (Å²) in [6.45, 7) is 4.39. The average molecular weight is 589 g/mol. The fraction of sp³-hybridized carbons (Fsp3) is 0.423. The maximum absolute atomic E-state index is 12.8. The highest BCUT2D eigenvalue weighted by molar-refractivity contribution is 9.11. The summed E-state index contributed by atoms with van der Waals surface area (Å²) < 4.78 is 7.03. The first kappa shape index (κ1) is 23.5. The van der Waals surface area contributed by atoms with Gasteiger partial charge in [0.05, 0.1) is 18.0 Å². The standard InChI is InChI=1S/C26H27Br2N3O3/c1-25-9-4-10-26(2,23(33)34-3)20(25)8-6-16-17(25)12-18(28)22-21(16)30-24(31-22)29-13-14-11-15(27)5-7-19(14)32/h5,7,11-13,20,32H,4,6,8-10H2,1-3H3,(H,30,31)/b29-13+/t20-,25-,26-/m1/s1. The van der Waals surface area contributed by atoms with Crippen LogP contribution in [0.2, 0.25) is 0 Å². The van der Waals surface area contributed by atoms with Crippen molar-refractivity contribution in [2.24, 2.45) is 16.3 Å². The number of aryl methyl sites for hydroxylation is 1. The van der Waals surface area contributed by atoms with E-state index < -0.39 is 5.41 Å². The van der Waals surface area contributed by atoms with Crippen LogP contribution in [0, 0.1) is 11.3 Å². The van der Waals surface area contributed by atoms with Gasteiger partial charge in [-0.2, -0.15) is 0 Å². The predicted octanol–water partition coefficient (Wildman–Crippen LogP) is 6.73. The number of carbonyl (C=O) groups excluding carboxylic acids is 1. The van der Waals surface area contributed by atoms with E-state index in [1.165, 1.54) is 18.2 Å². The van der Waals surface area contributed by atoms with Gasteiger partial charge in [0.2, 0.25) is 5.95 Å². The molecule has 1 fully saturated rings. The normalized spacial score (nSPS) is 26.4. The lowest BCUT2D eigenvalue weighted by Crippen LogP contribution is -2.52. The SMILES string of the molecule is COC(=O)[C@]1(C)CCC[C@]2(C)c3cc(Br)c4nc(/N=C/c5cc(Br)ccc5O)[nH]c4c3CC[C@@H]12. The quantitative estimate of drug-likeness (QED) is 0.262. The van der Waals surface area contributed by atoms with Gasteiger partial charge in [0.15, 0.2) is 0 Å². The molecule has 3 aromatic rings. The van der Waals surface area contributed by atoms with Crippen molar-refractivity contribution < 1.29 is 14.6 Å². The Morgan fingerprint density at radius 2 is 2.09 bits per heavy atom. The average Bonchev–Trinajstić information content (AvgIpc) is 3.25. The number of nitrogens with zero attached hydrogens (tertiary/aromatic N) is 2. The lowest BCUT2D eigenvalue weighted by Gasteiger charge is -2.54. The van der Waals surface area contributed by atoms with E-state index in [1.807, 2.05) is 6.07 Å². The third-order valence-corrected chi connectivity index (χ3v) is 9.11. The number of fused-ring (bicyclic) bond motifs is 5. The minimum atomic E-state index is -0.476. The van der Waals surface area contributed by atoms with Crippen LogP contribution in [-0.4, -0.2) is 34.4 Å². The Hall–Kier alpha value is -2.19. The number of phenols is 1. The van der Waals surface area contributed by atoms with Gasteiger partial charge in [-0.25, -0.2) is 9.98 Å². The zero-order valence-corrected chi connectivity index (χ0v) is 22.6. The number of ether oxygens (including phenoxy) is 1. The Kier molecular flexibility index (Phi) is 5.88. The Bertz CT molecular complexity index is 1330. The minimum absolute atomic E-state index is 0.0963. The van der Waals surface area contributed by atoms with Crippen LogP contribution in [0.1, 0.15) is 56.2 Å². The number of nitrogens with one attached hydrogen (secondary N) is 1. The zero-order valence-electron chi connectivity index (χ0n) is 19.4. The molecular weight excluding hydrogens is 562 g/mol. The maximum Gasteiger partial charge on any atom is 0.311 e. The number of aromatic hydroxyl groups is 1. The van der Waals surface area contributed by atoms with Crippen molar-refractivity contribution in [2.45, 2.75) is 51.4 Å². The van der Waals surface area contributed by atoms with E-state index in [4.69, 9.17) is 9.72 Å². The van der Waals surface area contributed by atoms with E-state index in [2.05, 4.69) is 61.8 Å². The second-order valence-corrected chi connectivity index (χ2v) is 11.7. The van der Waals surface area contributed by atoms with Crippen molar-refractivity contribution in [1.82, 2.24) is 9.97 Å². The van der Waals surface area contributed by atoms with E-state index in [1.54, 1.807) is 18.3 Å².